The van der Waals surface area contributed by atoms with Crippen LogP contribution in [0.5, 0.6) is 0 Å². The van der Waals surface area contributed by atoms with Crippen LogP contribution in [-0.2, 0) is 10.0 Å². The Balaban J connectivity index is 1.77. The Kier molecular flexibility index (Phi) is 3.90. The second-order valence-electron chi connectivity index (χ2n) is 5.15. The molecule has 0 saturated carbocycles. The van der Waals surface area contributed by atoms with Crippen LogP contribution in [-0.4, -0.2) is 37.7 Å². The van der Waals surface area contributed by atoms with E-state index < -0.39 is 27.8 Å². The Labute approximate surface area is 131 Å². The maximum absolute atomic E-state index is 13.1. The van der Waals surface area contributed by atoms with Crippen molar-refractivity contribution in [1.82, 2.24) is 4.98 Å². The van der Waals surface area contributed by atoms with Gasteiger partial charge in [-0.25, -0.2) is 22.2 Å². The molecule has 122 valence electrons. The fraction of sp³-hybridized carbons (Fsp3) is 0.214. The predicted octanol–water partition coefficient (Wildman–Crippen LogP) is 1.34. The summed E-state index contributed by atoms with van der Waals surface area (Å²) in [7, 11) is -3.95. The molecule has 1 aliphatic rings. The maximum atomic E-state index is 13.1. The third kappa shape index (κ3) is 3.25. The van der Waals surface area contributed by atoms with Crippen molar-refractivity contribution in [1.29, 1.82) is 0 Å². The molecule has 23 heavy (non-hydrogen) atoms. The summed E-state index contributed by atoms with van der Waals surface area (Å²) in [6.45, 7) is 0.901. The molecule has 1 fully saturated rings. The number of nitrogens with zero attached hydrogens (tertiary/aromatic N) is 2. The third-order valence-electron chi connectivity index (χ3n) is 3.39. The summed E-state index contributed by atoms with van der Waals surface area (Å²) in [6, 6.07) is 5.60. The Hall–Kier alpha value is -2.26. The smallest absolute Gasteiger partial charge is 0.263 e. The summed E-state index contributed by atoms with van der Waals surface area (Å²) in [5.41, 5.74) is -0.0844. The molecule has 2 aromatic rings. The van der Waals surface area contributed by atoms with Crippen molar-refractivity contribution < 1.29 is 22.3 Å². The lowest BCUT2D eigenvalue weighted by Gasteiger charge is -2.36. The molecule has 0 bridgehead atoms. The average Bonchev–Trinajstić information content (AvgIpc) is 2.48. The van der Waals surface area contributed by atoms with E-state index in [0.29, 0.717) is 18.9 Å². The highest BCUT2D eigenvalue weighted by atomic mass is 32.2. The molecule has 0 amide bonds. The van der Waals surface area contributed by atoms with Gasteiger partial charge in [-0.05, 0) is 24.3 Å². The van der Waals surface area contributed by atoms with Crippen LogP contribution >= 0.6 is 0 Å². The van der Waals surface area contributed by atoms with Gasteiger partial charge < -0.3 is 10.0 Å². The molecule has 1 aromatic carbocycles. The van der Waals surface area contributed by atoms with Crippen molar-refractivity contribution in [3.05, 3.63) is 48.2 Å². The minimum Gasteiger partial charge on any atom is -0.389 e. The third-order valence-corrected chi connectivity index (χ3v) is 4.76. The first kappa shape index (κ1) is 15.6. The summed E-state index contributed by atoms with van der Waals surface area (Å²) in [5.74, 6) is -1.65. The standard InChI is InChI=1S/C14H13F2N3O3S/c15-12-3-1-9(5-13(12)16)18-23(21,22)11-2-4-14(17-6-11)19-7-10(20)8-19/h1-6,10,18,20H,7-8H2. The van der Waals surface area contributed by atoms with Crippen LogP contribution in [0.3, 0.4) is 0 Å². The number of pyridine rings is 1. The Bertz CT molecular complexity index is 822. The number of rotatable bonds is 4. The van der Waals surface area contributed by atoms with E-state index in [-0.39, 0.29) is 10.6 Å². The van der Waals surface area contributed by atoms with Crippen molar-refractivity contribution >= 4 is 21.5 Å². The Morgan fingerprint density at radius 3 is 2.48 bits per heavy atom. The molecule has 1 aliphatic heterocycles. The number of hydrogen-bond acceptors (Lipinski definition) is 5. The van der Waals surface area contributed by atoms with Gasteiger partial charge in [0, 0.05) is 25.4 Å². The lowest BCUT2D eigenvalue weighted by atomic mass is 10.2. The highest BCUT2D eigenvalue weighted by Crippen LogP contribution is 2.22. The van der Waals surface area contributed by atoms with E-state index in [1.54, 1.807) is 4.90 Å². The Morgan fingerprint density at radius 2 is 1.91 bits per heavy atom. The van der Waals surface area contributed by atoms with Crippen LogP contribution in [0.15, 0.2) is 41.4 Å². The number of benzene rings is 1. The Morgan fingerprint density at radius 1 is 1.17 bits per heavy atom. The summed E-state index contributed by atoms with van der Waals surface area (Å²) in [5, 5.41) is 9.24. The summed E-state index contributed by atoms with van der Waals surface area (Å²) < 4.78 is 52.5. The summed E-state index contributed by atoms with van der Waals surface area (Å²) >= 11 is 0. The number of β-amino-alcohol motifs (C(OH)–C–C–N with tert-alkyl or cyclic N) is 1. The van der Waals surface area contributed by atoms with Crippen LogP contribution in [0, 0.1) is 11.6 Å². The normalized spacial score (nSPS) is 15.3. The summed E-state index contributed by atoms with van der Waals surface area (Å²) in [6.07, 6.45) is 0.776. The second-order valence-corrected chi connectivity index (χ2v) is 6.83. The van der Waals surface area contributed by atoms with Crippen molar-refractivity contribution in [3.63, 3.8) is 0 Å². The number of aromatic nitrogens is 1. The molecule has 0 aliphatic carbocycles. The van der Waals surface area contributed by atoms with Gasteiger partial charge in [0.05, 0.1) is 11.8 Å². The average molecular weight is 341 g/mol. The van der Waals surface area contributed by atoms with E-state index in [9.17, 15) is 22.3 Å². The molecular formula is C14H13F2N3O3S. The van der Waals surface area contributed by atoms with Gasteiger partial charge in [-0.1, -0.05) is 0 Å². The molecule has 2 N–H and O–H groups in total. The topological polar surface area (TPSA) is 82.5 Å². The minimum absolute atomic E-state index is 0.0844. The zero-order valence-corrected chi connectivity index (χ0v) is 12.6. The minimum atomic E-state index is -3.95. The van der Waals surface area contributed by atoms with Crippen molar-refractivity contribution in [3.8, 4) is 0 Å². The van der Waals surface area contributed by atoms with Gasteiger partial charge in [0.15, 0.2) is 11.6 Å². The summed E-state index contributed by atoms with van der Waals surface area (Å²) in [4.78, 5) is 5.73. The van der Waals surface area contributed by atoms with Gasteiger partial charge in [-0.3, -0.25) is 4.72 Å². The van der Waals surface area contributed by atoms with Gasteiger partial charge in [0.25, 0.3) is 10.0 Å². The number of hydrogen-bond donors (Lipinski definition) is 2. The molecule has 1 aromatic heterocycles. The molecule has 0 spiro atoms. The lowest BCUT2D eigenvalue weighted by Crippen LogP contribution is -2.51. The molecule has 6 nitrogen and oxygen atoms in total. The number of sulfonamides is 1. The van der Waals surface area contributed by atoms with Crippen LogP contribution < -0.4 is 9.62 Å². The van der Waals surface area contributed by atoms with Gasteiger partial charge in [0.1, 0.15) is 10.7 Å². The van der Waals surface area contributed by atoms with E-state index in [1.165, 1.54) is 18.3 Å². The van der Waals surface area contributed by atoms with Crippen LogP contribution in [0.2, 0.25) is 0 Å². The second kappa shape index (κ2) is 5.74. The first-order valence-electron chi connectivity index (χ1n) is 6.72. The SMILES string of the molecule is O=S(=O)(Nc1ccc(F)c(F)c1)c1ccc(N2CC(O)C2)nc1. The number of aliphatic hydroxyl groups is 1. The molecule has 9 heteroatoms. The lowest BCUT2D eigenvalue weighted by molar-refractivity contribution is 0.141. The van der Waals surface area contributed by atoms with Crippen molar-refractivity contribution in [2.45, 2.75) is 11.0 Å². The van der Waals surface area contributed by atoms with E-state index >= 15 is 0 Å². The van der Waals surface area contributed by atoms with E-state index in [1.807, 2.05) is 0 Å². The van der Waals surface area contributed by atoms with E-state index in [4.69, 9.17) is 0 Å². The predicted molar refractivity (Wildman–Crippen MR) is 79.6 cm³/mol. The largest absolute Gasteiger partial charge is 0.389 e. The first-order chi connectivity index (χ1) is 10.8. The van der Waals surface area contributed by atoms with E-state index in [0.717, 1.165) is 18.2 Å². The molecule has 1 saturated heterocycles. The fourth-order valence-corrected chi connectivity index (χ4v) is 3.13. The van der Waals surface area contributed by atoms with Crippen LogP contribution in [0.4, 0.5) is 20.3 Å². The highest BCUT2D eigenvalue weighted by Gasteiger charge is 2.26. The van der Waals surface area contributed by atoms with Gasteiger partial charge in [-0.15, -0.1) is 0 Å². The van der Waals surface area contributed by atoms with Crippen molar-refractivity contribution in [2.24, 2.45) is 0 Å². The number of anilines is 2. The van der Waals surface area contributed by atoms with Crippen LogP contribution in [0.1, 0.15) is 0 Å². The number of halogens is 2. The maximum Gasteiger partial charge on any atom is 0.263 e. The molecule has 0 atom stereocenters. The molecule has 0 unspecified atom stereocenters. The quantitative estimate of drug-likeness (QED) is 0.877. The zero-order valence-electron chi connectivity index (χ0n) is 11.8. The van der Waals surface area contributed by atoms with Gasteiger partial charge >= 0.3 is 0 Å². The number of aliphatic hydroxyl groups excluding tert-OH is 1. The monoisotopic (exact) mass is 341 g/mol. The van der Waals surface area contributed by atoms with Crippen molar-refractivity contribution in [2.75, 3.05) is 22.7 Å². The zero-order chi connectivity index (χ0) is 16.6. The van der Waals surface area contributed by atoms with E-state index in [2.05, 4.69) is 9.71 Å². The fourth-order valence-electron chi connectivity index (χ4n) is 2.13. The molecule has 2 heterocycles. The molecular weight excluding hydrogens is 328 g/mol. The van der Waals surface area contributed by atoms with Gasteiger partial charge in [-0.2, -0.15) is 0 Å². The highest BCUT2D eigenvalue weighted by molar-refractivity contribution is 7.92. The first-order valence-corrected chi connectivity index (χ1v) is 8.20. The molecule has 0 radical (unpaired) electrons. The van der Waals surface area contributed by atoms with Gasteiger partial charge in [0.2, 0.25) is 0 Å². The van der Waals surface area contributed by atoms with Crippen LogP contribution in [0.25, 0.3) is 0 Å². The molecule has 3 rings (SSSR count). The number of nitrogens with one attached hydrogen (secondary N) is 1.